The van der Waals surface area contributed by atoms with Crippen molar-refractivity contribution in [2.75, 3.05) is 25.0 Å². The molecule has 0 radical (unpaired) electrons. The van der Waals surface area contributed by atoms with Gasteiger partial charge in [0.15, 0.2) is 0 Å². The third kappa shape index (κ3) is 6.73. The van der Waals surface area contributed by atoms with Crippen LogP contribution < -0.4 is 10.6 Å². The average molecular weight is 515 g/mol. The number of hydrogen-bond acceptors (Lipinski definition) is 6. The minimum atomic E-state index is -0.484. The van der Waals surface area contributed by atoms with Gasteiger partial charge in [-0.2, -0.15) is 5.26 Å². The number of nitrogens with zero attached hydrogens (tertiary/aromatic N) is 3. The topological polar surface area (TPSA) is 106 Å². The third-order valence-electron chi connectivity index (χ3n) is 6.90. The first-order valence-corrected chi connectivity index (χ1v) is 13.3. The number of nitriles is 1. The lowest BCUT2D eigenvalue weighted by atomic mass is 10.0. The van der Waals surface area contributed by atoms with Crippen molar-refractivity contribution in [1.29, 1.82) is 5.26 Å². The molecule has 3 aromatic rings. The summed E-state index contributed by atoms with van der Waals surface area (Å²) in [6.07, 6.45) is 10.2. The summed E-state index contributed by atoms with van der Waals surface area (Å²) in [4.78, 5) is 22.2. The van der Waals surface area contributed by atoms with Gasteiger partial charge in [0.25, 0.3) is 0 Å². The van der Waals surface area contributed by atoms with Crippen LogP contribution in [0.2, 0.25) is 0 Å². The number of H-pyrrole nitrogens is 1. The van der Waals surface area contributed by atoms with Crippen molar-refractivity contribution in [1.82, 2.24) is 20.2 Å². The Balaban J connectivity index is 1.37. The van der Waals surface area contributed by atoms with E-state index in [1.54, 1.807) is 6.20 Å². The molecule has 0 aliphatic carbocycles. The minimum Gasteiger partial charge on any atom is -0.444 e. The molecule has 3 heterocycles. The summed E-state index contributed by atoms with van der Waals surface area (Å²) in [5.74, 6) is 0. The van der Waals surface area contributed by atoms with Gasteiger partial charge in [-0.05, 0) is 77.6 Å². The van der Waals surface area contributed by atoms with E-state index in [9.17, 15) is 10.1 Å². The molecule has 8 heteroatoms. The van der Waals surface area contributed by atoms with Crippen LogP contribution in [0.4, 0.5) is 16.2 Å². The zero-order chi connectivity index (χ0) is 27.3. The molecule has 200 valence electrons. The Kier molecular flexibility index (Phi) is 8.38. The molecule has 0 saturated carbocycles. The standard InChI is InChI=1S/C30H38N6O2/c1-20-24-11-14-32-27(24)10-9-26(20)35-28-22(18-31)19-33-21(2)25(28)8-6-7-15-36-16-12-23(13-17-36)34-29(37)38-30(3,4)5/h6,8-11,14,19,23,32H,7,12-13,15-17H2,1-5H3,(H,33,35)(H,34,37). The second kappa shape index (κ2) is 11.7. The molecule has 1 amide bonds. The van der Waals surface area contributed by atoms with Crippen LogP contribution in [0, 0.1) is 25.2 Å². The van der Waals surface area contributed by atoms with Gasteiger partial charge in [-0.1, -0.05) is 12.2 Å². The second-order valence-electron chi connectivity index (χ2n) is 10.9. The molecule has 0 atom stereocenters. The van der Waals surface area contributed by atoms with Crippen molar-refractivity contribution in [3.05, 3.63) is 59.1 Å². The van der Waals surface area contributed by atoms with Crippen LogP contribution >= 0.6 is 0 Å². The van der Waals surface area contributed by atoms with Crippen molar-refractivity contribution in [3.8, 4) is 6.07 Å². The van der Waals surface area contributed by atoms with Gasteiger partial charge in [0.2, 0.25) is 0 Å². The molecule has 1 aromatic carbocycles. The summed E-state index contributed by atoms with van der Waals surface area (Å²) in [6, 6.07) is 8.60. The number of piperidine rings is 1. The molecular formula is C30H38N6O2. The molecule has 8 nitrogen and oxygen atoms in total. The second-order valence-corrected chi connectivity index (χ2v) is 10.9. The highest BCUT2D eigenvalue weighted by Gasteiger charge is 2.23. The Morgan fingerprint density at radius 1 is 1.26 bits per heavy atom. The minimum absolute atomic E-state index is 0.154. The first-order chi connectivity index (χ1) is 18.1. The summed E-state index contributed by atoms with van der Waals surface area (Å²) in [5.41, 5.74) is 5.80. The quantitative estimate of drug-likeness (QED) is 0.347. The van der Waals surface area contributed by atoms with Crippen LogP contribution in [-0.4, -0.2) is 52.2 Å². The van der Waals surface area contributed by atoms with Crippen LogP contribution in [0.3, 0.4) is 0 Å². The Labute approximate surface area is 225 Å². The van der Waals surface area contributed by atoms with Gasteiger partial charge in [-0.3, -0.25) is 4.98 Å². The predicted octanol–water partition coefficient (Wildman–Crippen LogP) is 6.19. The normalized spacial score (nSPS) is 15.1. The van der Waals surface area contributed by atoms with E-state index in [-0.39, 0.29) is 12.1 Å². The largest absolute Gasteiger partial charge is 0.444 e. The maximum absolute atomic E-state index is 12.0. The Morgan fingerprint density at radius 2 is 2.03 bits per heavy atom. The molecule has 1 aliphatic heterocycles. The number of ether oxygens (including phenoxy) is 1. The van der Waals surface area contributed by atoms with Crippen LogP contribution in [0.5, 0.6) is 0 Å². The van der Waals surface area contributed by atoms with Crippen LogP contribution in [0.1, 0.15) is 62.4 Å². The van der Waals surface area contributed by atoms with Gasteiger partial charge in [0.1, 0.15) is 11.7 Å². The first-order valence-electron chi connectivity index (χ1n) is 13.3. The van der Waals surface area contributed by atoms with Crippen molar-refractivity contribution in [2.24, 2.45) is 0 Å². The van der Waals surface area contributed by atoms with Gasteiger partial charge in [-0.15, -0.1) is 0 Å². The average Bonchev–Trinajstić information content (AvgIpc) is 3.34. The van der Waals surface area contributed by atoms with E-state index in [1.807, 2.05) is 46.0 Å². The Hall–Kier alpha value is -3.83. The highest BCUT2D eigenvalue weighted by molar-refractivity contribution is 5.90. The van der Waals surface area contributed by atoms with E-state index < -0.39 is 5.60 Å². The van der Waals surface area contributed by atoms with Crippen molar-refractivity contribution >= 4 is 34.4 Å². The molecule has 3 N–H and O–H groups in total. The molecule has 0 bridgehead atoms. The lowest BCUT2D eigenvalue weighted by Gasteiger charge is -2.32. The number of amides is 1. The lowest BCUT2D eigenvalue weighted by molar-refractivity contribution is 0.0479. The molecule has 1 saturated heterocycles. The number of fused-ring (bicyclic) bond motifs is 1. The fourth-order valence-electron chi connectivity index (χ4n) is 4.83. The summed E-state index contributed by atoms with van der Waals surface area (Å²) in [6.45, 7) is 12.5. The van der Waals surface area contributed by atoms with Gasteiger partial charge < -0.3 is 25.3 Å². The van der Waals surface area contributed by atoms with E-state index in [0.29, 0.717) is 5.56 Å². The Bertz CT molecular complexity index is 1350. The molecule has 2 aromatic heterocycles. The van der Waals surface area contributed by atoms with Gasteiger partial charge >= 0.3 is 6.09 Å². The van der Waals surface area contributed by atoms with Crippen molar-refractivity contribution in [2.45, 2.75) is 65.5 Å². The van der Waals surface area contributed by atoms with E-state index in [4.69, 9.17) is 4.74 Å². The third-order valence-corrected chi connectivity index (χ3v) is 6.90. The summed E-state index contributed by atoms with van der Waals surface area (Å²) >= 11 is 0. The fourth-order valence-corrected chi connectivity index (χ4v) is 4.83. The summed E-state index contributed by atoms with van der Waals surface area (Å²) < 4.78 is 5.38. The van der Waals surface area contributed by atoms with Gasteiger partial charge in [0.05, 0.1) is 11.3 Å². The van der Waals surface area contributed by atoms with E-state index in [1.165, 1.54) is 0 Å². The molecule has 1 aliphatic rings. The van der Waals surface area contributed by atoms with Crippen LogP contribution in [0.25, 0.3) is 17.0 Å². The fraction of sp³-hybridized carbons (Fsp3) is 0.433. The number of nitrogens with one attached hydrogen (secondary N) is 3. The number of aromatic nitrogens is 2. The predicted molar refractivity (Wildman–Crippen MR) is 152 cm³/mol. The number of carbonyl (C=O) groups excluding carboxylic acids is 1. The van der Waals surface area contributed by atoms with E-state index >= 15 is 0 Å². The number of anilines is 2. The van der Waals surface area contributed by atoms with Gasteiger partial charge in [0, 0.05) is 65.9 Å². The lowest BCUT2D eigenvalue weighted by Crippen LogP contribution is -2.46. The number of benzene rings is 1. The molecule has 1 fully saturated rings. The number of carbonyl (C=O) groups is 1. The Morgan fingerprint density at radius 3 is 2.74 bits per heavy atom. The maximum Gasteiger partial charge on any atom is 0.407 e. The molecule has 4 rings (SSSR count). The number of likely N-dealkylation sites (tertiary alicyclic amines) is 1. The van der Waals surface area contributed by atoms with Crippen LogP contribution in [-0.2, 0) is 4.74 Å². The number of aryl methyl sites for hydroxylation is 2. The number of hydrogen-bond donors (Lipinski definition) is 3. The molecular weight excluding hydrogens is 476 g/mol. The number of pyridine rings is 1. The van der Waals surface area contributed by atoms with Crippen molar-refractivity contribution in [3.63, 3.8) is 0 Å². The summed E-state index contributed by atoms with van der Waals surface area (Å²) in [5, 5.41) is 17.5. The van der Waals surface area contributed by atoms with Crippen LogP contribution in [0.15, 0.2) is 36.7 Å². The van der Waals surface area contributed by atoms with E-state index in [2.05, 4.69) is 56.7 Å². The SMILES string of the molecule is Cc1ncc(C#N)c(Nc2ccc3[nH]ccc3c2C)c1C=CCCN1CCC(NC(=O)OC(C)(C)C)CC1. The highest BCUT2D eigenvalue weighted by atomic mass is 16.6. The smallest absolute Gasteiger partial charge is 0.407 e. The zero-order valence-electron chi connectivity index (χ0n) is 23.0. The molecule has 38 heavy (non-hydrogen) atoms. The number of rotatable bonds is 7. The molecule has 0 unspecified atom stereocenters. The van der Waals surface area contributed by atoms with E-state index in [0.717, 1.165) is 78.0 Å². The molecule has 0 spiro atoms. The van der Waals surface area contributed by atoms with Crippen molar-refractivity contribution < 1.29 is 9.53 Å². The number of aromatic amines is 1. The maximum atomic E-state index is 12.0. The monoisotopic (exact) mass is 514 g/mol. The highest BCUT2D eigenvalue weighted by Crippen LogP contribution is 2.32. The number of alkyl carbamates (subject to hydrolysis) is 1. The summed E-state index contributed by atoms with van der Waals surface area (Å²) in [7, 11) is 0. The first kappa shape index (κ1) is 27.2. The van der Waals surface area contributed by atoms with Gasteiger partial charge in [-0.25, -0.2) is 4.79 Å². The zero-order valence-corrected chi connectivity index (χ0v) is 23.0.